The first kappa shape index (κ1) is 55.1. The Hall–Kier alpha value is -6.18. The van der Waals surface area contributed by atoms with Gasteiger partial charge in [-0.3, -0.25) is 63.3 Å². The third-order valence-electron chi connectivity index (χ3n) is 10.6. The third kappa shape index (κ3) is 17.2. The number of thiol groups is 1. The third-order valence-corrected chi connectivity index (χ3v) is 10.8. The van der Waals surface area contributed by atoms with Crippen LogP contribution in [0.25, 0.3) is 10.9 Å². The number of Topliss-reactive ketones (excluding diaryl/α,β-unsaturated/α-hetero) is 1. The van der Waals surface area contributed by atoms with Gasteiger partial charge in [-0.05, 0) is 51.8 Å². The Labute approximate surface area is 388 Å². The van der Waals surface area contributed by atoms with Crippen molar-refractivity contribution in [2.45, 2.75) is 113 Å². The average Bonchev–Trinajstić information content (AvgIpc) is 3.57. The van der Waals surface area contributed by atoms with Gasteiger partial charge < -0.3 is 47.4 Å². The first-order valence-corrected chi connectivity index (χ1v) is 21.6. The molecular formula is C42H57F2N9O13S. The number of rotatable bonds is 27. The van der Waals surface area contributed by atoms with Gasteiger partial charge in [0.2, 0.25) is 23.6 Å². The molecule has 5 amide bonds. The van der Waals surface area contributed by atoms with Crippen molar-refractivity contribution < 1.29 is 72.4 Å². The molecule has 1 fully saturated rings. The van der Waals surface area contributed by atoms with Crippen LogP contribution < -0.4 is 32.3 Å². The van der Waals surface area contributed by atoms with Crippen molar-refractivity contribution in [1.29, 1.82) is 0 Å². The number of pyridine rings is 1. The second-order valence-corrected chi connectivity index (χ2v) is 17.5. The van der Waals surface area contributed by atoms with E-state index in [1.54, 1.807) is 0 Å². The molecule has 1 aliphatic rings. The largest absolute Gasteiger partial charge is 0.481 e. The van der Waals surface area contributed by atoms with Crippen LogP contribution in [0.1, 0.15) is 88.4 Å². The monoisotopic (exact) mass is 965 g/mol. The van der Waals surface area contributed by atoms with Crippen LogP contribution in [0.3, 0.4) is 0 Å². The summed E-state index contributed by atoms with van der Waals surface area (Å²) in [6.45, 7) is 1.65. The number of amides is 5. The Balaban J connectivity index is 1.64. The fraction of sp³-hybridized carbons (Fsp3) is 0.548. The number of hydrogen-bond donors (Lipinski definition) is 11. The van der Waals surface area contributed by atoms with E-state index < -0.39 is 146 Å². The van der Waals surface area contributed by atoms with E-state index in [2.05, 4.69) is 49.2 Å². The number of aliphatic carboxylic acids is 3. The number of fused-ring (bicyclic) bond motifs is 1. The predicted octanol–water partition coefficient (Wildman–Crippen LogP) is 0.662. The van der Waals surface area contributed by atoms with E-state index in [1.807, 2.05) is 0 Å². The van der Waals surface area contributed by atoms with Crippen LogP contribution in [0.15, 0.2) is 35.5 Å². The number of nitrogens with two attached hydrogens (primary N) is 1. The molecule has 1 saturated heterocycles. The van der Waals surface area contributed by atoms with Crippen molar-refractivity contribution in [2.24, 2.45) is 16.6 Å². The van der Waals surface area contributed by atoms with E-state index in [1.165, 1.54) is 51.4 Å². The number of halogens is 2. The maximum Gasteiger partial charge on any atom is 0.322 e. The lowest BCUT2D eigenvalue weighted by Gasteiger charge is -2.33. The summed E-state index contributed by atoms with van der Waals surface area (Å²) in [5.74, 6) is -13.2. The van der Waals surface area contributed by atoms with Crippen molar-refractivity contribution >= 4 is 88.3 Å². The van der Waals surface area contributed by atoms with Gasteiger partial charge in [-0.2, -0.15) is 12.6 Å². The second-order valence-electron chi connectivity index (χ2n) is 16.4. The molecule has 3 rings (SSSR count). The second kappa shape index (κ2) is 25.1. The number of benzene rings is 1. The van der Waals surface area contributed by atoms with Gasteiger partial charge in [0.15, 0.2) is 5.78 Å². The summed E-state index contributed by atoms with van der Waals surface area (Å²) in [6.07, 6.45) is -3.62. The van der Waals surface area contributed by atoms with Gasteiger partial charge in [-0.1, -0.05) is 18.6 Å². The smallest absolute Gasteiger partial charge is 0.322 e. The topological polar surface area (TPSA) is 349 Å². The number of carbonyl (C=O) groups excluding carboxylic acids is 6. The Kier molecular flexibility index (Phi) is 20.7. The number of nitrogens with zero attached hydrogens (tertiary/aromatic N) is 3. The number of carboxylic acid groups (broad SMARTS) is 3. The highest BCUT2D eigenvalue weighted by molar-refractivity contribution is 7.81. The number of aliphatic hydroxyl groups excluding tert-OH is 1. The quantitative estimate of drug-likeness (QED) is 0.0333. The lowest BCUT2D eigenvalue weighted by molar-refractivity contribution is -0.142. The molecule has 0 radical (unpaired) electrons. The maximum absolute atomic E-state index is 13.9. The van der Waals surface area contributed by atoms with Gasteiger partial charge in [-0.25, -0.2) is 8.78 Å². The Morgan fingerprint density at radius 2 is 1.61 bits per heavy atom. The van der Waals surface area contributed by atoms with Gasteiger partial charge in [0.05, 0.1) is 61.2 Å². The van der Waals surface area contributed by atoms with Crippen molar-refractivity contribution in [3.05, 3.63) is 36.0 Å². The van der Waals surface area contributed by atoms with Crippen LogP contribution in [-0.4, -0.2) is 151 Å². The van der Waals surface area contributed by atoms with E-state index >= 15 is 0 Å². The van der Waals surface area contributed by atoms with Crippen LogP contribution in [0, 0.1) is 5.92 Å². The minimum Gasteiger partial charge on any atom is -0.481 e. The summed E-state index contributed by atoms with van der Waals surface area (Å²) in [5.41, 5.74) is 5.93. The number of nitrogens with one attached hydrogen (secondary N) is 5. The Morgan fingerprint density at radius 1 is 0.940 bits per heavy atom. The lowest BCUT2D eigenvalue weighted by atomic mass is 9.92. The molecule has 0 saturated carbocycles. The Morgan fingerprint density at radius 3 is 2.22 bits per heavy atom. The number of amidine groups is 1. The number of alkyl halides is 2. The van der Waals surface area contributed by atoms with E-state index in [4.69, 9.17) is 5.73 Å². The van der Waals surface area contributed by atoms with Gasteiger partial charge in [-0.15, -0.1) is 0 Å². The van der Waals surface area contributed by atoms with E-state index in [0.29, 0.717) is 12.8 Å². The number of aromatic nitrogens is 1. The number of aliphatic hydroxyl groups is 1. The first-order valence-electron chi connectivity index (χ1n) is 21.1. The van der Waals surface area contributed by atoms with E-state index in [0.717, 1.165) is 4.90 Å². The summed E-state index contributed by atoms with van der Waals surface area (Å²) in [7, 11) is 1.28. The SMILES string of the molecule is C/N=C1\CC(F)(F)CN1C(=O)CNC(=O)c1ccnc2c(NC(=O)CCC(=O)N[C@@H](CC(=O)O)C(=O)CC[C@@H](CCCCN)C(=O)N[C@@H](CC(=O)O)C(O)N[C@H](C(=O)O)C(C)(C)S)cccc12. The number of likely N-dealkylation sites (tertiary alicyclic amines) is 1. The summed E-state index contributed by atoms with van der Waals surface area (Å²) in [4.78, 5) is 123. The zero-order valence-electron chi connectivity index (χ0n) is 37.1. The van der Waals surface area contributed by atoms with Gasteiger partial charge in [0.25, 0.3) is 11.8 Å². The van der Waals surface area contributed by atoms with Gasteiger partial charge in [0.1, 0.15) is 18.1 Å². The number of anilines is 1. The number of aliphatic imine (C=N–C) groups is 1. The van der Waals surface area contributed by atoms with Crippen LogP contribution >= 0.6 is 12.6 Å². The minimum atomic E-state index is -3.16. The molecule has 5 atom stereocenters. The van der Waals surface area contributed by atoms with Crippen LogP contribution in [0.2, 0.25) is 0 Å². The molecule has 0 aliphatic carbocycles. The standard InChI is InChI=1S/C42H57F2N9O13S/c1-41(2,67)36(40(65)66)52-39(64)27(18-34(60)61)51-37(62)22(7-4-5-15-45)10-11-28(54)26(17-33(58)59)50-31(56)13-12-30(55)49-25-9-6-8-23-24(14-16-47-35(23)25)38(63)48-20-32(57)53-21-42(43,44)19-29(53)46-3/h6,8-9,14,16,22,26-27,36,39,52,64,67H,4-5,7,10-13,15,17-21,45H2,1-3H3,(H,48,63)(H,49,55)(H,50,56)(H,51,62)(H,58,59)(H,60,61)(H,65,66)/b46-29+/t22-,26+,27+,36-,39?/m1/s1. The predicted molar refractivity (Wildman–Crippen MR) is 239 cm³/mol. The highest BCUT2D eigenvalue weighted by Gasteiger charge is 2.45. The molecule has 1 aromatic carbocycles. The molecule has 25 heteroatoms. The van der Waals surface area contributed by atoms with Crippen molar-refractivity contribution in [3.63, 3.8) is 0 Å². The van der Waals surface area contributed by atoms with Crippen LogP contribution in [-0.2, 0) is 38.4 Å². The highest BCUT2D eigenvalue weighted by atomic mass is 32.1. The minimum absolute atomic E-state index is 0.0410. The van der Waals surface area contributed by atoms with E-state index in [9.17, 15) is 72.4 Å². The molecule has 368 valence electrons. The van der Waals surface area contributed by atoms with Crippen molar-refractivity contribution in [1.82, 2.24) is 31.2 Å². The van der Waals surface area contributed by atoms with Gasteiger partial charge in [0, 0.05) is 48.6 Å². The number of carbonyl (C=O) groups is 9. The number of para-hydroxylation sites is 1. The number of unbranched alkanes of at least 4 members (excludes halogenated alkanes) is 1. The molecule has 22 nitrogen and oxygen atoms in total. The zero-order valence-corrected chi connectivity index (χ0v) is 37.9. The summed E-state index contributed by atoms with van der Waals surface area (Å²) in [6, 6.07) is 1.23. The zero-order chi connectivity index (χ0) is 50.2. The normalized spacial score (nSPS) is 16.3. The fourth-order valence-electron chi connectivity index (χ4n) is 7.11. The molecule has 1 unspecified atom stereocenters. The van der Waals surface area contributed by atoms with Gasteiger partial charge >= 0.3 is 17.9 Å². The fourth-order valence-corrected chi connectivity index (χ4v) is 7.30. The van der Waals surface area contributed by atoms with Crippen LogP contribution in [0.5, 0.6) is 0 Å². The number of carboxylic acids is 3. The molecular weight excluding hydrogens is 909 g/mol. The molecule has 0 bridgehead atoms. The molecule has 67 heavy (non-hydrogen) atoms. The molecule has 2 heterocycles. The number of ketones is 1. The maximum atomic E-state index is 13.9. The molecule has 1 aromatic heterocycles. The van der Waals surface area contributed by atoms with Crippen molar-refractivity contribution in [3.8, 4) is 0 Å². The highest BCUT2D eigenvalue weighted by Crippen LogP contribution is 2.29. The Bertz CT molecular complexity index is 2210. The first-order chi connectivity index (χ1) is 31.4. The molecule has 1 aliphatic heterocycles. The van der Waals surface area contributed by atoms with Crippen LogP contribution in [0.4, 0.5) is 14.5 Å². The average molecular weight is 966 g/mol. The molecule has 11 N–H and O–H groups in total. The van der Waals surface area contributed by atoms with E-state index in [-0.39, 0.29) is 47.4 Å². The summed E-state index contributed by atoms with van der Waals surface area (Å²) < 4.78 is 26.6. The molecule has 2 aromatic rings. The summed E-state index contributed by atoms with van der Waals surface area (Å²) >= 11 is 4.22. The van der Waals surface area contributed by atoms with Crippen molar-refractivity contribution in [2.75, 3.05) is 32.0 Å². The number of hydrogen-bond acceptors (Lipinski definition) is 15. The summed E-state index contributed by atoms with van der Waals surface area (Å²) in [5, 5.41) is 51.9. The lowest BCUT2D eigenvalue weighted by Crippen LogP contribution is -2.60. The molecule has 0 spiro atoms.